The van der Waals surface area contributed by atoms with Crippen molar-refractivity contribution in [2.75, 3.05) is 7.05 Å². The summed E-state index contributed by atoms with van der Waals surface area (Å²) in [5.74, 6) is -0.266. The molecule has 0 heterocycles. The van der Waals surface area contributed by atoms with Gasteiger partial charge in [0.05, 0.1) is 6.04 Å². The zero-order valence-corrected chi connectivity index (χ0v) is 12.2. The number of carbonyl (C=O) groups excluding carboxylic acids is 1. The van der Waals surface area contributed by atoms with Gasteiger partial charge >= 0.3 is 6.03 Å². The quantitative estimate of drug-likeness (QED) is 0.894. The van der Waals surface area contributed by atoms with Gasteiger partial charge in [0, 0.05) is 18.7 Å². The van der Waals surface area contributed by atoms with Crippen LogP contribution in [0.25, 0.3) is 0 Å². The summed E-state index contributed by atoms with van der Waals surface area (Å²) in [4.78, 5) is 13.8. The molecule has 0 spiro atoms. The van der Waals surface area contributed by atoms with Crippen LogP contribution in [0.15, 0.2) is 24.3 Å². The molecule has 3 nitrogen and oxygen atoms in total. The van der Waals surface area contributed by atoms with Crippen molar-refractivity contribution in [1.29, 1.82) is 0 Å². The Labute approximate surface area is 120 Å². The van der Waals surface area contributed by atoms with Gasteiger partial charge in [-0.2, -0.15) is 0 Å². The molecule has 2 amide bonds. The summed E-state index contributed by atoms with van der Waals surface area (Å²) >= 11 is 0. The van der Waals surface area contributed by atoms with Crippen molar-refractivity contribution in [3.05, 3.63) is 35.6 Å². The topological polar surface area (TPSA) is 32.3 Å². The Hall–Kier alpha value is -1.58. The number of rotatable bonds is 3. The number of nitrogens with one attached hydrogen (secondary N) is 1. The zero-order chi connectivity index (χ0) is 14.5. The lowest BCUT2D eigenvalue weighted by molar-refractivity contribution is 0.185. The molecule has 0 bridgehead atoms. The van der Waals surface area contributed by atoms with Gasteiger partial charge < -0.3 is 10.2 Å². The molecule has 0 radical (unpaired) electrons. The van der Waals surface area contributed by atoms with Crippen molar-refractivity contribution in [3.8, 4) is 0 Å². The molecule has 20 heavy (non-hydrogen) atoms. The standard InChI is InChI=1S/C16H23FN2O/c1-12(14-10-6-7-11-15(14)17)19(2)16(20)18-13-8-4-3-5-9-13/h6-7,10-13H,3-5,8-9H2,1-2H3,(H,18,20). The monoisotopic (exact) mass is 278 g/mol. The second kappa shape index (κ2) is 6.73. The van der Waals surface area contributed by atoms with Crippen molar-refractivity contribution < 1.29 is 9.18 Å². The van der Waals surface area contributed by atoms with Gasteiger partial charge in [0.1, 0.15) is 5.82 Å². The van der Waals surface area contributed by atoms with Crippen LogP contribution >= 0.6 is 0 Å². The molecule has 1 aromatic rings. The highest BCUT2D eigenvalue weighted by atomic mass is 19.1. The van der Waals surface area contributed by atoms with E-state index in [4.69, 9.17) is 0 Å². The van der Waals surface area contributed by atoms with Crippen LogP contribution in [0.1, 0.15) is 50.6 Å². The molecule has 0 aromatic heterocycles. The van der Waals surface area contributed by atoms with Gasteiger partial charge in [0.2, 0.25) is 0 Å². The van der Waals surface area contributed by atoms with Gasteiger partial charge in [-0.05, 0) is 25.8 Å². The predicted octanol–water partition coefficient (Wildman–Crippen LogP) is 3.86. The number of halogens is 1. The van der Waals surface area contributed by atoms with Crippen molar-refractivity contribution in [1.82, 2.24) is 10.2 Å². The lowest BCUT2D eigenvalue weighted by Gasteiger charge is -2.30. The number of carbonyl (C=O) groups is 1. The van der Waals surface area contributed by atoms with Gasteiger partial charge in [-0.25, -0.2) is 9.18 Å². The van der Waals surface area contributed by atoms with E-state index in [0.717, 1.165) is 12.8 Å². The molecular weight excluding hydrogens is 255 g/mol. The molecule has 1 N–H and O–H groups in total. The minimum absolute atomic E-state index is 0.118. The Bertz CT molecular complexity index is 458. The lowest BCUT2D eigenvalue weighted by Crippen LogP contribution is -2.44. The molecule has 2 rings (SSSR count). The summed E-state index contributed by atoms with van der Waals surface area (Å²) in [6.07, 6.45) is 5.71. The fourth-order valence-electron chi connectivity index (χ4n) is 2.72. The molecule has 1 aromatic carbocycles. The Morgan fingerprint density at radius 2 is 1.95 bits per heavy atom. The van der Waals surface area contributed by atoms with Gasteiger partial charge in [-0.1, -0.05) is 37.5 Å². The molecule has 1 unspecified atom stereocenters. The Morgan fingerprint density at radius 1 is 1.30 bits per heavy atom. The highest BCUT2D eigenvalue weighted by Gasteiger charge is 2.22. The van der Waals surface area contributed by atoms with E-state index in [2.05, 4.69) is 5.32 Å². The van der Waals surface area contributed by atoms with Crippen LogP contribution < -0.4 is 5.32 Å². The first-order valence-corrected chi connectivity index (χ1v) is 7.37. The van der Waals surface area contributed by atoms with Crippen molar-refractivity contribution in [2.24, 2.45) is 0 Å². The van der Waals surface area contributed by atoms with E-state index < -0.39 is 0 Å². The maximum Gasteiger partial charge on any atom is 0.317 e. The first kappa shape index (κ1) is 14.8. The molecule has 0 aliphatic heterocycles. The summed E-state index contributed by atoms with van der Waals surface area (Å²) in [5.41, 5.74) is 0.550. The third-order valence-corrected chi connectivity index (χ3v) is 4.19. The second-order valence-electron chi connectivity index (χ2n) is 5.59. The van der Waals surface area contributed by atoms with E-state index in [0.29, 0.717) is 5.56 Å². The molecule has 1 atom stereocenters. The van der Waals surface area contributed by atoms with Gasteiger partial charge in [-0.3, -0.25) is 0 Å². The normalized spacial score (nSPS) is 17.6. The fraction of sp³-hybridized carbons (Fsp3) is 0.562. The molecule has 1 fully saturated rings. The van der Waals surface area contributed by atoms with Crippen LogP contribution in [0.3, 0.4) is 0 Å². The summed E-state index contributed by atoms with van der Waals surface area (Å²) < 4.78 is 13.8. The molecule has 1 aliphatic rings. The van der Waals surface area contributed by atoms with E-state index in [1.807, 2.05) is 6.92 Å². The number of hydrogen-bond donors (Lipinski definition) is 1. The zero-order valence-electron chi connectivity index (χ0n) is 12.2. The van der Waals surface area contributed by atoms with Gasteiger partial charge in [0.25, 0.3) is 0 Å². The summed E-state index contributed by atoms with van der Waals surface area (Å²) in [6.45, 7) is 1.85. The number of benzene rings is 1. The van der Waals surface area contributed by atoms with Crippen LogP contribution in [0.2, 0.25) is 0 Å². The van der Waals surface area contributed by atoms with Crippen LogP contribution in [0.5, 0.6) is 0 Å². The first-order chi connectivity index (χ1) is 9.59. The number of amides is 2. The highest BCUT2D eigenvalue weighted by Crippen LogP contribution is 2.22. The van der Waals surface area contributed by atoms with E-state index in [-0.39, 0.29) is 23.9 Å². The maximum atomic E-state index is 13.8. The number of hydrogen-bond acceptors (Lipinski definition) is 1. The van der Waals surface area contributed by atoms with E-state index in [9.17, 15) is 9.18 Å². The minimum Gasteiger partial charge on any atom is -0.335 e. The van der Waals surface area contributed by atoms with E-state index in [1.54, 1.807) is 30.1 Å². The Morgan fingerprint density at radius 3 is 2.60 bits per heavy atom. The smallest absolute Gasteiger partial charge is 0.317 e. The molecule has 1 saturated carbocycles. The molecular formula is C16H23FN2O. The van der Waals surface area contributed by atoms with Crippen LogP contribution in [0.4, 0.5) is 9.18 Å². The summed E-state index contributed by atoms with van der Waals surface area (Å²) in [5, 5.41) is 3.05. The van der Waals surface area contributed by atoms with Crippen LogP contribution in [-0.4, -0.2) is 24.0 Å². The fourth-order valence-corrected chi connectivity index (χ4v) is 2.72. The Kier molecular flexibility index (Phi) is 4.99. The molecule has 1 aliphatic carbocycles. The van der Waals surface area contributed by atoms with Crippen molar-refractivity contribution in [2.45, 2.75) is 51.1 Å². The largest absolute Gasteiger partial charge is 0.335 e. The predicted molar refractivity (Wildman–Crippen MR) is 78.0 cm³/mol. The SMILES string of the molecule is CC(c1ccccc1F)N(C)C(=O)NC1CCCCC1. The minimum atomic E-state index is -0.278. The highest BCUT2D eigenvalue weighted by molar-refractivity contribution is 5.74. The average molecular weight is 278 g/mol. The summed E-state index contributed by atoms with van der Waals surface area (Å²) in [6, 6.07) is 6.48. The van der Waals surface area contributed by atoms with Gasteiger partial charge in [-0.15, -0.1) is 0 Å². The number of urea groups is 1. The maximum absolute atomic E-state index is 13.8. The van der Waals surface area contributed by atoms with Crippen LogP contribution in [0, 0.1) is 5.82 Å². The Balaban J connectivity index is 1.97. The van der Waals surface area contributed by atoms with E-state index in [1.165, 1.54) is 25.3 Å². The van der Waals surface area contributed by atoms with Gasteiger partial charge in [0.15, 0.2) is 0 Å². The average Bonchev–Trinajstić information content (AvgIpc) is 2.47. The first-order valence-electron chi connectivity index (χ1n) is 7.37. The second-order valence-corrected chi connectivity index (χ2v) is 5.59. The van der Waals surface area contributed by atoms with Crippen molar-refractivity contribution in [3.63, 3.8) is 0 Å². The third-order valence-electron chi connectivity index (χ3n) is 4.19. The van der Waals surface area contributed by atoms with E-state index >= 15 is 0 Å². The lowest BCUT2D eigenvalue weighted by atomic mass is 9.96. The third kappa shape index (κ3) is 3.50. The van der Waals surface area contributed by atoms with Crippen molar-refractivity contribution >= 4 is 6.03 Å². The molecule has 110 valence electrons. The molecule has 0 saturated heterocycles. The number of nitrogens with zero attached hydrogens (tertiary/aromatic N) is 1. The molecule has 4 heteroatoms. The summed E-state index contributed by atoms with van der Waals surface area (Å²) in [7, 11) is 1.72. The van der Waals surface area contributed by atoms with Crippen LogP contribution in [-0.2, 0) is 0 Å².